The number of nitrogens with one attached hydrogen (secondary N) is 1. The summed E-state index contributed by atoms with van der Waals surface area (Å²) >= 11 is 0. The zero-order chi connectivity index (χ0) is 17.1. The average Bonchev–Trinajstić information content (AvgIpc) is 3.00. The maximum Gasteiger partial charge on any atom is 0.300 e. The summed E-state index contributed by atoms with van der Waals surface area (Å²) in [6.45, 7) is 7.77. The monoisotopic (exact) mass is 335 g/mol. The highest BCUT2D eigenvalue weighted by Gasteiger charge is 2.22. The molecule has 0 amide bonds. The number of nitrogens with zero attached hydrogens (tertiary/aromatic N) is 4. The Labute approximate surface area is 139 Å². The van der Waals surface area contributed by atoms with Crippen LogP contribution in [0.4, 0.5) is 11.4 Å². The molecule has 1 saturated heterocycles. The maximum atomic E-state index is 11.0. The van der Waals surface area contributed by atoms with E-state index in [2.05, 4.69) is 39.0 Å². The molecule has 1 aromatic heterocycles. The van der Waals surface area contributed by atoms with Crippen LogP contribution >= 0.6 is 0 Å². The van der Waals surface area contributed by atoms with Crippen LogP contribution in [0, 0.1) is 10.1 Å². The molecular weight excluding hydrogens is 314 g/mol. The van der Waals surface area contributed by atoms with Gasteiger partial charge in [0.1, 0.15) is 0 Å². The number of ether oxygens (including phenoxy) is 1. The van der Waals surface area contributed by atoms with Crippen molar-refractivity contribution < 1.29 is 14.3 Å². The van der Waals surface area contributed by atoms with Crippen LogP contribution in [-0.2, 0) is 4.74 Å². The Bertz CT molecular complexity index is 709. The van der Waals surface area contributed by atoms with Gasteiger partial charge in [-0.25, -0.2) is 4.63 Å². The van der Waals surface area contributed by atoms with E-state index in [1.165, 1.54) is 6.07 Å². The molecule has 1 aliphatic heterocycles. The third kappa shape index (κ3) is 3.62. The van der Waals surface area contributed by atoms with Gasteiger partial charge in [0.2, 0.25) is 5.52 Å². The van der Waals surface area contributed by atoms with E-state index in [1.807, 2.05) is 0 Å². The largest absolute Gasteiger partial charge is 0.383 e. The minimum absolute atomic E-state index is 0.104. The maximum absolute atomic E-state index is 11.0. The lowest BCUT2D eigenvalue weighted by Gasteiger charge is -2.35. The fourth-order valence-corrected chi connectivity index (χ4v) is 3.14. The fourth-order valence-electron chi connectivity index (χ4n) is 3.14. The molecule has 0 radical (unpaired) electrons. The molecule has 1 fully saturated rings. The smallest absolute Gasteiger partial charge is 0.300 e. The highest BCUT2D eigenvalue weighted by Crippen LogP contribution is 2.28. The SMILES string of the molecule is C[C@@H]1CN(CCCNc2ccc([N+](=O)[O-])c3nonc23)C[C@@H](C)O1. The molecule has 2 heterocycles. The van der Waals surface area contributed by atoms with Gasteiger partial charge >= 0.3 is 5.69 Å². The van der Waals surface area contributed by atoms with Crippen LogP contribution in [0.1, 0.15) is 20.3 Å². The number of anilines is 1. The molecule has 0 spiro atoms. The Hall–Kier alpha value is -2.26. The summed E-state index contributed by atoms with van der Waals surface area (Å²) in [7, 11) is 0. The van der Waals surface area contributed by atoms with Crippen molar-refractivity contribution in [1.29, 1.82) is 0 Å². The highest BCUT2D eigenvalue weighted by atomic mass is 16.6. The second-order valence-corrected chi connectivity index (χ2v) is 6.15. The average molecular weight is 335 g/mol. The molecule has 1 aliphatic rings. The Morgan fingerprint density at radius 3 is 2.71 bits per heavy atom. The van der Waals surface area contributed by atoms with Gasteiger partial charge in [0.25, 0.3) is 0 Å². The van der Waals surface area contributed by atoms with E-state index in [0.717, 1.165) is 32.6 Å². The molecule has 9 nitrogen and oxygen atoms in total. The van der Waals surface area contributed by atoms with E-state index >= 15 is 0 Å². The Morgan fingerprint density at radius 1 is 1.29 bits per heavy atom. The number of non-ortho nitro benzene ring substituents is 1. The lowest BCUT2D eigenvalue weighted by molar-refractivity contribution is -0.383. The number of hydrogen-bond acceptors (Lipinski definition) is 8. The Kier molecular flexibility index (Phi) is 4.91. The predicted molar refractivity (Wildman–Crippen MR) is 88.0 cm³/mol. The lowest BCUT2D eigenvalue weighted by Crippen LogP contribution is -2.45. The first-order valence-electron chi connectivity index (χ1n) is 8.06. The van der Waals surface area contributed by atoms with Gasteiger partial charge in [-0.15, -0.1) is 0 Å². The molecular formula is C15H21N5O4. The van der Waals surface area contributed by atoms with Crippen molar-refractivity contribution >= 4 is 22.4 Å². The van der Waals surface area contributed by atoms with Crippen molar-refractivity contribution in [3.63, 3.8) is 0 Å². The number of morpholine rings is 1. The van der Waals surface area contributed by atoms with Crippen LogP contribution in [0.15, 0.2) is 16.8 Å². The van der Waals surface area contributed by atoms with Crippen molar-refractivity contribution in [2.24, 2.45) is 0 Å². The fraction of sp³-hybridized carbons (Fsp3) is 0.600. The van der Waals surface area contributed by atoms with E-state index in [1.54, 1.807) is 6.07 Å². The van der Waals surface area contributed by atoms with Gasteiger partial charge in [-0.05, 0) is 36.6 Å². The van der Waals surface area contributed by atoms with E-state index in [0.29, 0.717) is 11.2 Å². The van der Waals surface area contributed by atoms with Gasteiger partial charge in [-0.2, -0.15) is 0 Å². The zero-order valence-corrected chi connectivity index (χ0v) is 13.8. The van der Waals surface area contributed by atoms with Crippen molar-refractivity contribution in [3.05, 3.63) is 22.2 Å². The molecule has 0 aliphatic carbocycles. The summed E-state index contributed by atoms with van der Waals surface area (Å²) in [5.41, 5.74) is 1.15. The molecule has 3 rings (SSSR count). The lowest BCUT2D eigenvalue weighted by atomic mass is 10.2. The van der Waals surface area contributed by atoms with Crippen molar-refractivity contribution in [1.82, 2.24) is 15.2 Å². The van der Waals surface area contributed by atoms with Crippen molar-refractivity contribution in [2.45, 2.75) is 32.5 Å². The quantitative estimate of drug-likeness (QED) is 0.485. The normalized spacial score (nSPS) is 21.9. The van der Waals surface area contributed by atoms with Crippen LogP contribution in [0.25, 0.3) is 11.0 Å². The summed E-state index contributed by atoms with van der Waals surface area (Å²) in [5.74, 6) is 0. The molecule has 1 aromatic carbocycles. The molecule has 24 heavy (non-hydrogen) atoms. The van der Waals surface area contributed by atoms with Gasteiger partial charge < -0.3 is 10.1 Å². The summed E-state index contributed by atoms with van der Waals surface area (Å²) in [6, 6.07) is 3.06. The molecule has 9 heteroatoms. The van der Waals surface area contributed by atoms with Crippen LogP contribution in [0.2, 0.25) is 0 Å². The zero-order valence-electron chi connectivity index (χ0n) is 13.8. The van der Waals surface area contributed by atoms with Gasteiger partial charge in [0.05, 0.1) is 22.8 Å². The minimum Gasteiger partial charge on any atom is -0.383 e. The molecule has 2 atom stereocenters. The third-order valence-corrected chi connectivity index (χ3v) is 4.05. The van der Waals surface area contributed by atoms with E-state index < -0.39 is 4.92 Å². The first kappa shape index (κ1) is 16.6. The predicted octanol–water partition coefficient (Wildman–Crippen LogP) is 2.04. The first-order chi connectivity index (χ1) is 11.5. The van der Waals surface area contributed by atoms with Gasteiger partial charge in [-0.1, -0.05) is 0 Å². The first-order valence-corrected chi connectivity index (χ1v) is 8.06. The number of aromatic nitrogens is 2. The molecule has 0 unspecified atom stereocenters. The number of nitro groups is 1. The topological polar surface area (TPSA) is 107 Å². The van der Waals surface area contributed by atoms with E-state index in [4.69, 9.17) is 4.74 Å². The summed E-state index contributed by atoms with van der Waals surface area (Å²) in [6.07, 6.45) is 1.47. The van der Waals surface area contributed by atoms with Crippen LogP contribution < -0.4 is 5.32 Å². The minimum atomic E-state index is -0.489. The summed E-state index contributed by atoms with van der Waals surface area (Å²) in [4.78, 5) is 12.9. The Balaban J connectivity index is 1.56. The third-order valence-electron chi connectivity index (χ3n) is 4.05. The molecule has 130 valence electrons. The molecule has 0 saturated carbocycles. The van der Waals surface area contributed by atoms with E-state index in [9.17, 15) is 10.1 Å². The second kappa shape index (κ2) is 7.10. The standard InChI is InChI=1S/C15H21N5O4/c1-10-8-19(9-11(2)23-10)7-3-6-16-12-4-5-13(20(21)22)15-14(12)17-24-18-15/h4-5,10-11,16H,3,6-9H2,1-2H3/t10-,11-/m1/s1. The van der Waals surface area contributed by atoms with Crippen LogP contribution in [-0.4, -0.2) is 58.5 Å². The van der Waals surface area contributed by atoms with Crippen LogP contribution in [0.3, 0.4) is 0 Å². The van der Waals surface area contributed by atoms with Crippen molar-refractivity contribution in [2.75, 3.05) is 31.5 Å². The molecule has 0 bridgehead atoms. The number of nitro benzene ring substituents is 1. The molecule has 2 aromatic rings. The molecule has 1 N–H and O–H groups in total. The van der Waals surface area contributed by atoms with Gasteiger partial charge in [0.15, 0.2) is 5.52 Å². The number of fused-ring (bicyclic) bond motifs is 1. The Morgan fingerprint density at radius 2 is 2.00 bits per heavy atom. The number of benzene rings is 1. The summed E-state index contributed by atoms with van der Waals surface area (Å²) < 4.78 is 10.4. The number of rotatable bonds is 6. The van der Waals surface area contributed by atoms with Crippen LogP contribution in [0.5, 0.6) is 0 Å². The van der Waals surface area contributed by atoms with Gasteiger partial charge in [0, 0.05) is 32.2 Å². The van der Waals surface area contributed by atoms with E-state index in [-0.39, 0.29) is 23.4 Å². The van der Waals surface area contributed by atoms with Gasteiger partial charge in [-0.3, -0.25) is 15.0 Å². The highest BCUT2D eigenvalue weighted by molar-refractivity contribution is 5.93. The number of hydrogen-bond donors (Lipinski definition) is 1. The van der Waals surface area contributed by atoms with Crippen molar-refractivity contribution in [3.8, 4) is 0 Å². The summed E-state index contributed by atoms with van der Waals surface area (Å²) in [5, 5.41) is 21.6. The second-order valence-electron chi connectivity index (χ2n) is 6.15.